The van der Waals surface area contributed by atoms with Gasteiger partial charge in [-0.2, -0.15) is 0 Å². The number of hydrogen-bond acceptors (Lipinski definition) is 3. The Hall–Kier alpha value is -0.0800. The predicted molar refractivity (Wildman–Crippen MR) is 30.5 cm³/mol. The predicted octanol–water partition coefficient (Wildman–Crippen LogP) is -2.80. The number of carbonyl (C=O) groups excluding carboxylic acids is 2. The van der Waals surface area contributed by atoms with Gasteiger partial charge >= 0.3 is 35.5 Å². The van der Waals surface area contributed by atoms with E-state index in [2.05, 4.69) is 4.74 Å². The van der Waals surface area contributed by atoms with Gasteiger partial charge in [0.05, 0.1) is 6.61 Å². The Bertz CT molecular complexity index is 186. The van der Waals surface area contributed by atoms with Gasteiger partial charge in [0.2, 0.25) is 0 Å². The zero-order valence-electron chi connectivity index (χ0n) is 6.85. The fraction of sp³-hybridized carbons (Fsp3) is 0.500. The Morgan fingerprint density at radius 2 is 2.30 bits per heavy atom. The molecule has 3 nitrogen and oxygen atoms in total. The van der Waals surface area contributed by atoms with Gasteiger partial charge in [0.15, 0.2) is 0 Å². The monoisotopic (exact) mass is 150 g/mol. The third-order valence-electron chi connectivity index (χ3n) is 1.17. The van der Waals surface area contributed by atoms with Gasteiger partial charge in [0.1, 0.15) is 11.5 Å². The summed E-state index contributed by atoms with van der Waals surface area (Å²) in [6, 6.07) is 0. The van der Waals surface area contributed by atoms with Crippen LogP contribution < -0.4 is 29.6 Å². The Morgan fingerprint density at radius 1 is 1.60 bits per heavy atom. The molecule has 0 radical (unpaired) electrons. The van der Waals surface area contributed by atoms with Crippen LogP contribution in [0.25, 0.3) is 0 Å². The summed E-state index contributed by atoms with van der Waals surface area (Å²) in [7, 11) is 0. The minimum absolute atomic E-state index is 0. The number of cyclic esters (lactones) is 1. The van der Waals surface area contributed by atoms with Gasteiger partial charge in [-0.15, -0.1) is 0 Å². The van der Waals surface area contributed by atoms with Crippen molar-refractivity contribution in [3.8, 4) is 0 Å². The number of hydrogen-bond donors (Lipinski definition) is 0. The molecule has 0 aromatic heterocycles. The first kappa shape index (κ1) is 9.92. The standard InChI is InChI=1S/C6H6O3.Na.H/c7-4-5-2-1-3-9-6(5)8;;/h1-3H2;;/q;+1;-1. The molecule has 0 N–H and O–H groups in total. The molecule has 1 saturated heterocycles. The molecule has 1 fully saturated rings. The molecule has 10 heavy (non-hydrogen) atoms. The van der Waals surface area contributed by atoms with Crippen molar-refractivity contribution in [3.63, 3.8) is 0 Å². The maximum absolute atomic E-state index is 10.5. The van der Waals surface area contributed by atoms with E-state index < -0.39 is 5.97 Å². The van der Waals surface area contributed by atoms with E-state index in [1.54, 1.807) is 5.94 Å². The van der Waals surface area contributed by atoms with E-state index >= 15 is 0 Å². The molecule has 0 amide bonds. The smallest absolute Gasteiger partial charge is 1.00 e. The molecule has 0 aromatic carbocycles. The molecule has 1 aliphatic heterocycles. The van der Waals surface area contributed by atoms with E-state index in [4.69, 9.17) is 0 Å². The Labute approximate surface area is 82.2 Å². The summed E-state index contributed by atoms with van der Waals surface area (Å²) in [5, 5.41) is 0. The van der Waals surface area contributed by atoms with Crippen LogP contribution in [0.1, 0.15) is 14.3 Å². The molecule has 0 aliphatic carbocycles. The first-order valence-electron chi connectivity index (χ1n) is 2.75. The van der Waals surface area contributed by atoms with Crippen molar-refractivity contribution in [2.24, 2.45) is 0 Å². The molecule has 4 heteroatoms. The van der Waals surface area contributed by atoms with E-state index in [-0.39, 0.29) is 36.6 Å². The summed E-state index contributed by atoms with van der Waals surface area (Å²) in [5.41, 5.74) is 0.140. The van der Waals surface area contributed by atoms with Gasteiger partial charge in [-0.05, 0) is 12.8 Å². The van der Waals surface area contributed by atoms with Crippen LogP contribution in [0.2, 0.25) is 0 Å². The summed E-state index contributed by atoms with van der Waals surface area (Å²) in [4.78, 5) is 20.4. The molecular weight excluding hydrogens is 143 g/mol. The van der Waals surface area contributed by atoms with Gasteiger partial charge in [-0.1, -0.05) is 0 Å². The van der Waals surface area contributed by atoms with Crippen LogP contribution in [0.15, 0.2) is 5.57 Å². The number of rotatable bonds is 0. The minimum atomic E-state index is -0.503. The summed E-state index contributed by atoms with van der Waals surface area (Å²) < 4.78 is 4.54. The van der Waals surface area contributed by atoms with Gasteiger partial charge in [-0.3, -0.25) is 0 Å². The third-order valence-corrected chi connectivity index (χ3v) is 1.17. The van der Waals surface area contributed by atoms with Crippen molar-refractivity contribution in [1.82, 2.24) is 0 Å². The minimum Gasteiger partial charge on any atom is -1.00 e. The maximum Gasteiger partial charge on any atom is 1.00 e. The number of carbonyl (C=O) groups is 1. The topological polar surface area (TPSA) is 43.4 Å². The second-order valence-electron chi connectivity index (χ2n) is 1.82. The first-order chi connectivity index (χ1) is 4.34. The van der Waals surface area contributed by atoms with Crippen LogP contribution in [0.3, 0.4) is 0 Å². The van der Waals surface area contributed by atoms with Crippen LogP contribution >= 0.6 is 0 Å². The summed E-state index contributed by atoms with van der Waals surface area (Å²) >= 11 is 0. The van der Waals surface area contributed by atoms with Crippen LogP contribution in [-0.4, -0.2) is 18.5 Å². The second-order valence-corrected chi connectivity index (χ2v) is 1.82. The largest absolute Gasteiger partial charge is 1.00 e. The summed E-state index contributed by atoms with van der Waals surface area (Å²) in [6.45, 7) is 0.435. The first-order valence-corrected chi connectivity index (χ1v) is 2.75. The number of esters is 1. The van der Waals surface area contributed by atoms with E-state index in [0.717, 1.165) is 6.42 Å². The Morgan fingerprint density at radius 3 is 2.70 bits per heavy atom. The molecule has 0 aromatic rings. The van der Waals surface area contributed by atoms with Crippen LogP contribution in [0.4, 0.5) is 0 Å². The molecule has 0 atom stereocenters. The van der Waals surface area contributed by atoms with Gasteiger partial charge in [0, 0.05) is 0 Å². The molecule has 1 aliphatic rings. The Balaban J connectivity index is 0. The van der Waals surface area contributed by atoms with E-state index in [9.17, 15) is 9.59 Å². The van der Waals surface area contributed by atoms with E-state index in [1.807, 2.05) is 0 Å². The SMILES string of the molecule is O=C=C1CCCOC1=O.[H-].[Na+]. The quantitative estimate of drug-likeness (QED) is 0.162. The molecule has 0 spiro atoms. The van der Waals surface area contributed by atoms with Gasteiger partial charge < -0.3 is 6.16 Å². The van der Waals surface area contributed by atoms with Crippen LogP contribution in [0, 0.1) is 0 Å². The summed E-state index contributed by atoms with van der Waals surface area (Å²) in [5.74, 6) is 1.04. The van der Waals surface area contributed by atoms with E-state index in [0.29, 0.717) is 13.0 Å². The normalized spacial score (nSPS) is 16.8. The zero-order chi connectivity index (χ0) is 6.69. The van der Waals surface area contributed by atoms with Gasteiger partial charge in [0.25, 0.3) is 0 Å². The molecule has 1 heterocycles. The Kier molecular flexibility index (Phi) is 4.65. The maximum atomic E-state index is 10.5. The van der Waals surface area contributed by atoms with Crippen molar-refractivity contribution >= 4 is 11.9 Å². The van der Waals surface area contributed by atoms with Crippen molar-refractivity contribution in [2.45, 2.75) is 12.8 Å². The van der Waals surface area contributed by atoms with Crippen molar-refractivity contribution < 1.29 is 45.3 Å². The average molecular weight is 150 g/mol. The van der Waals surface area contributed by atoms with Crippen molar-refractivity contribution in [3.05, 3.63) is 5.57 Å². The van der Waals surface area contributed by atoms with Crippen LogP contribution in [0.5, 0.6) is 0 Å². The average Bonchev–Trinajstić information content (AvgIpc) is 1.89. The van der Waals surface area contributed by atoms with E-state index in [1.165, 1.54) is 0 Å². The van der Waals surface area contributed by atoms with Crippen LogP contribution in [-0.2, 0) is 14.3 Å². The molecule has 50 valence electrons. The third kappa shape index (κ3) is 2.27. The molecular formula is C6H7NaO3. The molecule has 1 rings (SSSR count). The second kappa shape index (κ2) is 4.69. The fourth-order valence-electron chi connectivity index (χ4n) is 0.696. The zero-order valence-corrected chi connectivity index (χ0v) is 7.85. The fourth-order valence-corrected chi connectivity index (χ4v) is 0.696. The molecule has 0 unspecified atom stereocenters. The van der Waals surface area contributed by atoms with Crippen molar-refractivity contribution in [1.29, 1.82) is 0 Å². The summed E-state index contributed by atoms with van der Waals surface area (Å²) in [6.07, 6.45) is 1.26. The number of ether oxygens (including phenoxy) is 1. The van der Waals surface area contributed by atoms with Crippen molar-refractivity contribution in [2.75, 3.05) is 6.61 Å². The van der Waals surface area contributed by atoms with Gasteiger partial charge in [-0.25, -0.2) is 9.59 Å². The molecule has 0 bridgehead atoms. The molecule has 0 saturated carbocycles.